The van der Waals surface area contributed by atoms with Crippen LogP contribution in [0.25, 0.3) is 22.3 Å². The predicted octanol–water partition coefficient (Wildman–Crippen LogP) is 4.46. The molecule has 2 aliphatic rings. The van der Waals surface area contributed by atoms with Crippen molar-refractivity contribution < 1.29 is 0 Å². The smallest absolute Gasteiger partial charge is 0.164 e. The van der Waals surface area contributed by atoms with Crippen LogP contribution in [0.3, 0.4) is 0 Å². The highest BCUT2D eigenvalue weighted by molar-refractivity contribution is 5.98. The van der Waals surface area contributed by atoms with Crippen molar-refractivity contribution in [2.75, 3.05) is 39.0 Å². The fraction of sp³-hybridized carbons (Fsp3) is 0.400. The van der Waals surface area contributed by atoms with Gasteiger partial charge in [-0.15, -0.1) is 0 Å². The normalized spacial score (nSPS) is 21.8. The van der Waals surface area contributed by atoms with E-state index in [4.69, 9.17) is 10.8 Å². The Balaban J connectivity index is 1.27. The van der Waals surface area contributed by atoms with Crippen LogP contribution in [-0.2, 0) is 0 Å². The molecule has 2 aromatic heterocycles. The van der Waals surface area contributed by atoms with Crippen molar-refractivity contribution in [2.24, 2.45) is 0 Å². The first-order valence-corrected chi connectivity index (χ1v) is 13.6. The number of nitriles is 1. The van der Waals surface area contributed by atoms with Crippen molar-refractivity contribution >= 4 is 16.9 Å². The Bertz CT molecular complexity index is 1420. The molecule has 8 nitrogen and oxygen atoms in total. The van der Waals surface area contributed by atoms with Crippen molar-refractivity contribution in [3.05, 3.63) is 72.1 Å². The Labute approximate surface area is 223 Å². The second-order valence-corrected chi connectivity index (χ2v) is 10.6. The molecule has 1 aliphatic heterocycles. The first-order valence-electron chi connectivity index (χ1n) is 13.6. The number of anilines is 1. The van der Waals surface area contributed by atoms with Crippen molar-refractivity contribution in [3.8, 4) is 17.3 Å². The summed E-state index contributed by atoms with van der Waals surface area (Å²) in [6.45, 7) is 4.64. The zero-order chi connectivity index (χ0) is 26.1. The molecule has 2 fully saturated rings. The van der Waals surface area contributed by atoms with E-state index in [2.05, 4.69) is 37.6 Å². The Kier molecular flexibility index (Phi) is 6.79. The van der Waals surface area contributed by atoms with E-state index in [1.54, 1.807) is 0 Å². The molecule has 2 N–H and O–H groups in total. The number of hydrogen-bond donors (Lipinski definition) is 1. The van der Waals surface area contributed by atoms with Gasteiger partial charge in [0.2, 0.25) is 0 Å². The van der Waals surface area contributed by atoms with Crippen LogP contribution >= 0.6 is 0 Å². The summed E-state index contributed by atoms with van der Waals surface area (Å²) in [5.41, 5.74) is 10.9. The predicted molar refractivity (Wildman–Crippen MR) is 149 cm³/mol. The first-order chi connectivity index (χ1) is 18.6. The van der Waals surface area contributed by atoms with Crippen molar-refractivity contribution in [1.29, 1.82) is 5.26 Å². The number of nitrogens with two attached hydrogens (primary N) is 1. The van der Waals surface area contributed by atoms with Gasteiger partial charge in [-0.05, 0) is 43.9 Å². The summed E-state index contributed by atoms with van der Waals surface area (Å²) in [6.07, 6.45) is 6.05. The summed E-state index contributed by atoms with van der Waals surface area (Å²) in [6, 6.07) is 21.4. The highest BCUT2D eigenvalue weighted by Crippen LogP contribution is 2.37. The molecule has 0 amide bonds. The lowest BCUT2D eigenvalue weighted by Gasteiger charge is -2.41. The van der Waals surface area contributed by atoms with Gasteiger partial charge in [0, 0.05) is 37.8 Å². The number of benzene rings is 2. The second-order valence-electron chi connectivity index (χ2n) is 10.6. The van der Waals surface area contributed by atoms with Crippen LogP contribution in [0.4, 0.5) is 5.82 Å². The van der Waals surface area contributed by atoms with E-state index in [1.807, 2.05) is 54.6 Å². The number of nitrogen functional groups attached to an aromatic ring is 1. The van der Waals surface area contributed by atoms with Gasteiger partial charge in [-0.25, -0.2) is 14.6 Å². The van der Waals surface area contributed by atoms with Crippen LogP contribution in [-0.4, -0.2) is 68.8 Å². The van der Waals surface area contributed by atoms with E-state index in [0.29, 0.717) is 17.9 Å². The molecule has 4 aromatic rings. The summed E-state index contributed by atoms with van der Waals surface area (Å²) in [4.78, 5) is 14.0. The third kappa shape index (κ3) is 4.64. The molecule has 0 radical (unpaired) electrons. The lowest BCUT2D eigenvalue weighted by Crippen LogP contribution is -2.49. The minimum Gasteiger partial charge on any atom is -0.383 e. The largest absolute Gasteiger partial charge is 0.383 e. The number of aromatic nitrogens is 4. The summed E-state index contributed by atoms with van der Waals surface area (Å²) >= 11 is 0. The standard InChI is InChI=1S/C30H34N8/c1-36-15-17-37(18-16-36)24-11-13-25(14-12-24)38-30-27(29(32)33-20-34-30)28(35-38)23-9-7-22(8-10-23)26(19-31)21-5-3-2-4-6-21/h2-10,20,24-26H,11-18H2,1H3,(H2,32,33,34)/t24-,25+,26?. The molecule has 1 unspecified atom stereocenters. The first kappa shape index (κ1) is 24.5. The molecule has 1 saturated carbocycles. The van der Waals surface area contributed by atoms with Gasteiger partial charge in [-0.1, -0.05) is 54.6 Å². The molecule has 1 atom stereocenters. The van der Waals surface area contributed by atoms with Gasteiger partial charge in [0.15, 0.2) is 5.65 Å². The average Bonchev–Trinajstić information content (AvgIpc) is 3.36. The third-order valence-electron chi connectivity index (χ3n) is 8.36. The van der Waals surface area contributed by atoms with Crippen LogP contribution < -0.4 is 5.73 Å². The molecule has 194 valence electrons. The number of fused-ring (bicyclic) bond motifs is 1. The molecule has 3 heterocycles. The number of piperazine rings is 1. The molecule has 0 spiro atoms. The Hall–Kier alpha value is -3.80. The van der Waals surface area contributed by atoms with Gasteiger partial charge < -0.3 is 10.6 Å². The van der Waals surface area contributed by atoms with Crippen LogP contribution in [0.15, 0.2) is 60.9 Å². The molecule has 1 aliphatic carbocycles. The zero-order valence-electron chi connectivity index (χ0n) is 21.9. The van der Waals surface area contributed by atoms with Crippen LogP contribution in [0.5, 0.6) is 0 Å². The van der Waals surface area contributed by atoms with Crippen LogP contribution in [0, 0.1) is 11.3 Å². The molecule has 6 rings (SSSR count). The topological polar surface area (TPSA) is 99.9 Å². The van der Waals surface area contributed by atoms with E-state index in [9.17, 15) is 5.26 Å². The Morgan fingerprint density at radius 1 is 0.868 bits per heavy atom. The van der Waals surface area contributed by atoms with E-state index in [-0.39, 0.29) is 5.92 Å². The molecule has 38 heavy (non-hydrogen) atoms. The number of nitrogens with zero attached hydrogens (tertiary/aromatic N) is 7. The summed E-state index contributed by atoms with van der Waals surface area (Å²) < 4.78 is 2.10. The molecule has 1 saturated heterocycles. The lowest BCUT2D eigenvalue weighted by molar-refractivity contribution is 0.0815. The summed E-state index contributed by atoms with van der Waals surface area (Å²) in [5, 5.41) is 15.8. The molecule has 8 heteroatoms. The maximum Gasteiger partial charge on any atom is 0.164 e. The maximum absolute atomic E-state index is 9.85. The minimum atomic E-state index is -0.316. The van der Waals surface area contributed by atoms with Crippen LogP contribution in [0.2, 0.25) is 0 Å². The van der Waals surface area contributed by atoms with Gasteiger partial charge in [0.1, 0.15) is 17.8 Å². The summed E-state index contributed by atoms with van der Waals surface area (Å²) in [5.74, 6) is 0.133. The molecule has 2 aromatic carbocycles. The molecular weight excluding hydrogens is 472 g/mol. The van der Waals surface area contributed by atoms with E-state index in [0.717, 1.165) is 72.4 Å². The van der Waals surface area contributed by atoms with Gasteiger partial charge >= 0.3 is 0 Å². The van der Waals surface area contributed by atoms with E-state index >= 15 is 0 Å². The monoisotopic (exact) mass is 506 g/mol. The number of hydrogen-bond acceptors (Lipinski definition) is 7. The van der Waals surface area contributed by atoms with Crippen molar-refractivity contribution in [1.82, 2.24) is 29.5 Å². The highest BCUT2D eigenvalue weighted by atomic mass is 15.3. The minimum absolute atomic E-state index is 0.296. The maximum atomic E-state index is 9.85. The quantitative estimate of drug-likeness (QED) is 0.426. The molecular formula is C30H34N8. The van der Waals surface area contributed by atoms with Gasteiger partial charge in [0.25, 0.3) is 0 Å². The van der Waals surface area contributed by atoms with Crippen LogP contribution in [0.1, 0.15) is 48.8 Å². The van der Waals surface area contributed by atoms with Crippen molar-refractivity contribution in [3.63, 3.8) is 0 Å². The average molecular weight is 507 g/mol. The van der Waals surface area contributed by atoms with E-state index in [1.165, 1.54) is 19.2 Å². The SMILES string of the molecule is CN1CCN([C@H]2CC[C@@H](n3nc(-c4ccc(C(C#N)c5ccccc5)cc4)c4c(N)ncnc43)CC2)CC1. The van der Waals surface area contributed by atoms with Crippen molar-refractivity contribution in [2.45, 2.75) is 43.7 Å². The van der Waals surface area contributed by atoms with Gasteiger partial charge in [-0.3, -0.25) is 4.90 Å². The highest BCUT2D eigenvalue weighted by Gasteiger charge is 2.30. The Morgan fingerprint density at radius 3 is 2.21 bits per heavy atom. The van der Waals surface area contributed by atoms with Gasteiger partial charge in [-0.2, -0.15) is 10.4 Å². The number of rotatable bonds is 5. The number of likely N-dealkylation sites (N-methyl/N-ethyl adjacent to an activating group) is 1. The van der Waals surface area contributed by atoms with Gasteiger partial charge in [0.05, 0.1) is 23.4 Å². The second kappa shape index (κ2) is 10.5. The zero-order valence-corrected chi connectivity index (χ0v) is 21.9. The fourth-order valence-electron chi connectivity index (χ4n) is 6.13. The lowest BCUT2D eigenvalue weighted by atomic mass is 9.90. The van der Waals surface area contributed by atoms with E-state index < -0.39 is 0 Å². The fourth-order valence-corrected chi connectivity index (χ4v) is 6.13. The summed E-state index contributed by atoms with van der Waals surface area (Å²) in [7, 11) is 2.21. The third-order valence-corrected chi connectivity index (χ3v) is 8.36. The Morgan fingerprint density at radius 2 is 1.53 bits per heavy atom. The molecule has 0 bridgehead atoms.